The molecule has 0 saturated heterocycles. The highest BCUT2D eigenvalue weighted by molar-refractivity contribution is 6.00. The predicted octanol–water partition coefficient (Wildman–Crippen LogP) is 2.52. The lowest BCUT2D eigenvalue weighted by atomic mass is 9.97. The zero-order valence-corrected chi connectivity index (χ0v) is 13.1. The molecule has 0 saturated carbocycles. The Hall–Kier alpha value is -3.22. The summed E-state index contributed by atoms with van der Waals surface area (Å²) in [5.74, 6) is 1.71. The van der Waals surface area contributed by atoms with Gasteiger partial charge in [-0.3, -0.25) is 9.89 Å². The molecular formula is C17H15N3O4. The van der Waals surface area contributed by atoms with E-state index in [1.165, 1.54) is 0 Å². The molecule has 1 amide bonds. The Morgan fingerprint density at radius 2 is 2.08 bits per heavy atom. The first-order chi connectivity index (χ1) is 11.7. The topological polar surface area (TPSA) is 89.4 Å². The molecular weight excluding hydrogens is 310 g/mol. The Morgan fingerprint density at radius 3 is 2.79 bits per heavy atom. The van der Waals surface area contributed by atoms with E-state index in [1.807, 2.05) is 24.3 Å². The molecule has 2 aromatic heterocycles. The highest BCUT2D eigenvalue weighted by Gasteiger charge is 2.37. The molecule has 0 radical (unpaired) electrons. The molecule has 1 aliphatic rings. The van der Waals surface area contributed by atoms with Gasteiger partial charge >= 0.3 is 0 Å². The zero-order chi connectivity index (χ0) is 16.7. The predicted molar refractivity (Wildman–Crippen MR) is 85.1 cm³/mol. The maximum absolute atomic E-state index is 12.3. The highest BCUT2D eigenvalue weighted by Crippen LogP contribution is 2.41. The smallest absolute Gasteiger partial charge is 0.272 e. The summed E-state index contributed by atoms with van der Waals surface area (Å²) in [6.07, 6.45) is 1.58. The molecule has 24 heavy (non-hydrogen) atoms. The molecule has 0 aliphatic carbocycles. The van der Waals surface area contributed by atoms with Gasteiger partial charge in [0.1, 0.15) is 17.2 Å². The van der Waals surface area contributed by atoms with Gasteiger partial charge < -0.3 is 19.2 Å². The maximum atomic E-state index is 12.3. The number of nitrogens with zero attached hydrogens (tertiary/aromatic N) is 1. The molecule has 0 spiro atoms. The Kier molecular flexibility index (Phi) is 3.26. The number of hydrogen-bond donors (Lipinski definition) is 2. The lowest BCUT2D eigenvalue weighted by Gasteiger charge is -2.17. The van der Waals surface area contributed by atoms with Crippen LogP contribution in [0.15, 0.2) is 41.0 Å². The second-order valence-electron chi connectivity index (χ2n) is 5.35. The third-order valence-corrected chi connectivity index (χ3v) is 4.10. The van der Waals surface area contributed by atoms with Crippen LogP contribution in [0.1, 0.15) is 27.7 Å². The van der Waals surface area contributed by atoms with Crippen molar-refractivity contribution in [3.63, 3.8) is 0 Å². The lowest BCUT2D eigenvalue weighted by Crippen LogP contribution is -2.21. The fourth-order valence-corrected chi connectivity index (χ4v) is 2.98. The fraction of sp³-hybridized carbons (Fsp3) is 0.176. The number of hydrogen-bond acceptors (Lipinski definition) is 5. The van der Waals surface area contributed by atoms with E-state index in [2.05, 4.69) is 15.5 Å². The molecule has 3 heterocycles. The van der Waals surface area contributed by atoms with Crippen LogP contribution in [0.4, 0.5) is 0 Å². The van der Waals surface area contributed by atoms with Gasteiger partial charge in [0, 0.05) is 11.1 Å². The molecule has 0 fully saturated rings. The number of amides is 1. The highest BCUT2D eigenvalue weighted by atomic mass is 16.5. The van der Waals surface area contributed by atoms with Gasteiger partial charge in [0.2, 0.25) is 0 Å². The molecule has 7 heteroatoms. The molecule has 0 bridgehead atoms. The summed E-state index contributed by atoms with van der Waals surface area (Å²) >= 11 is 0. The van der Waals surface area contributed by atoms with Crippen LogP contribution in [0, 0.1) is 0 Å². The molecule has 7 nitrogen and oxygen atoms in total. The van der Waals surface area contributed by atoms with E-state index in [0.29, 0.717) is 28.6 Å². The van der Waals surface area contributed by atoms with Crippen LogP contribution in [-0.2, 0) is 0 Å². The minimum atomic E-state index is -0.406. The molecule has 4 rings (SSSR count). The Morgan fingerprint density at radius 1 is 1.21 bits per heavy atom. The largest absolute Gasteiger partial charge is 0.497 e. The van der Waals surface area contributed by atoms with Crippen molar-refractivity contribution in [1.29, 1.82) is 0 Å². The van der Waals surface area contributed by atoms with Crippen molar-refractivity contribution < 1.29 is 18.7 Å². The van der Waals surface area contributed by atoms with Gasteiger partial charge in [0.25, 0.3) is 5.91 Å². The first-order valence-corrected chi connectivity index (χ1v) is 7.38. The van der Waals surface area contributed by atoms with E-state index in [9.17, 15) is 4.79 Å². The molecule has 2 N–H and O–H groups in total. The second kappa shape index (κ2) is 5.45. The molecule has 0 unspecified atom stereocenters. The van der Waals surface area contributed by atoms with Crippen molar-refractivity contribution in [2.75, 3.05) is 14.2 Å². The molecule has 1 atom stereocenters. The van der Waals surface area contributed by atoms with Crippen LogP contribution in [-0.4, -0.2) is 30.3 Å². The van der Waals surface area contributed by atoms with Crippen molar-refractivity contribution in [3.8, 4) is 23.0 Å². The number of aromatic nitrogens is 2. The maximum Gasteiger partial charge on any atom is 0.272 e. The van der Waals surface area contributed by atoms with Crippen molar-refractivity contribution in [1.82, 2.24) is 15.5 Å². The van der Waals surface area contributed by atoms with Crippen molar-refractivity contribution in [2.45, 2.75) is 6.04 Å². The Labute approximate surface area is 137 Å². The summed E-state index contributed by atoms with van der Waals surface area (Å²) in [6, 6.07) is 8.66. The zero-order valence-electron chi connectivity index (χ0n) is 13.1. The number of nitrogens with one attached hydrogen (secondary N) is 2. The van der Waals surface area contributed by atoms with E-state index in [0.717, 1.165) is 11.1 Å². The van der Waals surface area contributed by atoms with Gasteiger partial charge in [-0.2, -0.15) is 5.10 Å². The Balaban J connectivity index is 1.89. The summed E-state index contributed by atoms with van der Waals surface area (Å²) < 4.78 is 16.2. The summed E-state index contributed by atoms with van der Waals surface area (Å²) in [5.41, 5.74) is 2.55. The molecule has 3 aromatic rings. The standard InChI is InChI=1S/C17H15N3O4/c1-22-9-5-6-11(23-2)10(8-9)14-13-15(12-4-3-7-24-12)19-20-16(13)17(21)18-14/h3-8,14H,1-2H3,(H,18,21)(H,19,20)/t14-/m1/s1. The van der Waals surface area contributed by atoms with Gasteiger partial charge in [-0.05, 0) is 30.3 Å². The first kappa shape index (κ1) is 14.4. The lowest BCUT2D eigenvalue weighted by molar-refractivity contribution is 0.0955. The number of ether oxygens (including phenoxy) is 2. The number of fused-ring (bicyclic) bond motifs is 1. The molecule has 1 aromatic carbocycles. The van der Waals surface area contributed by atoms with E-state index < -0.39 is 6.04 Å². The normalized spacial score (nSPS) is 15.9. The van der Waals surface area contributed by atoms with Crippen molar-refractivity contribution in [2.24, 2.45) is 0 Å². The minimum Gasteiger partial charge on any atom is -0.497 e. The van der Waals surface area contributed by atoms with Gasteiger partial charge in [-0.1, -0.05) is 0 Å². The number of carbonyl (C=O) groups is 1. The van der Waals surface area contributed by atoms with E-state index >= 15 is 0 Å². The SMILES string of the molecule is COc1ccc(OC)c([C@H]2NC(=O)c3n[nH]c(-c4ccco4)c32)c1. The van der Waals surface area contributed by atoms with Gasteiger partial charge in [-0.15, -0.1) is 0 Å². The summed E-state index contributed by atoms with van der Waals surface area (Å²) in [7, 11) is 3.18. The van der Waals surface area contributed by atoms with Gasteiger partial charge in [0.05, 0.1) is 26.5 Å². The number of benzene rings is 1. The van der Waals surface area contributed by atoms with Gasteiger partial charge in [0.15, 0.2) is 11.5 Å². The van der Waals surface area contributed by atoms with Crippen molar-refractivity contribution in [3.05, 3.63) is 53.4 Å². The van der Waals surface area contributed by atoms with Crippen LogP contribution in [0.2, 0.25) is 0 Å². The van der Waals surface area contributed by atoms with Crippen LogP contribution in [0.3, 0.4) is 0 Å². The van der Waals surface area contributed by atoms with E-state index in [-0.39, 0.29) is 5.91 Å². The van der Waals surface area contributed by atoms with E-state index in [4.69, 9.17) is 13.9 Å². The third kappa shape index (κ3) is 2.05. The average Bonchev–Trinajstić information content (AvgIpc) is 3.32. The number of carbonyl (C=O) groups excluding carboxylic acids is 1. The number of furan rings is 1. The number of aromatic amines is 1. The second-order valence-corrected chi connectivity index (χ2v) is 5.35. The summed E-state index contributed by atoms with van der Waals surface area (Å²) in [6.45, 7) is 0. The van der Waals surface area contributed by atoms with E-state index in [1.54, 1.807) is 26.5 Å². The van der Waals surface area contributed by atoms with Crippen LogP contribution < -0.4 is 14.8 Å². The van der Waals surface area contributed by atoms with Crippen molar-refractivity contribution >= 4 is 5.91 Å². The number of rotatable bonds is 4. The Bertz CT molecular complexity index is 899. The third-order valence-electron chi connectivity index (χ3n) is 4.10. The summed E-state index contributed by atoms with van der Waals surface area (Å²) in [4.78, 5) is 12.3. The molecule has 1 aliphatic heterocycles. The molecule has 122 valence electrons. The summed E-state index contributed by atoms with van der Waals surface area (Å²) in [5, 5.41) is 9.98. The monoisotopic (exact) mass is 325 g/mol. The number of methoxy groups -OCH3 is 2. The minimum absolute atomic E-state index is 0.242. The average molecular weight is 325 g/mol. The van der Waals surface area contributed by atoms with Gasteiger partial charge in [-0.25, -0.2) is 0 Å². The van der Waals surface area contributed by atoms with Crippen LogP contribution >= 0.6 is 0 Å². The first-order valence-electron chi connectivity index (χ1n) is 7.38. The quantitative estimate of drug-likeness (QED) is 0.769. The van der Waals surface area contributed by atoms with Crippen LogP contribution in [0.5, 0.6) is 11.5 Å². The van der Waals surface area contributed by atoms with Crippen LogP contribution in [0.25, 0.3) is 11.5 Å². The fourth-order valence-electron chi connectivity index (χ4n) is 2.98. The number of H-pyrrole nitrogens is 1.